The minimum atomic E-state index is -1.00. The van der Waals surface area contributed by atoms with Gasteiger partial charge >= 0.3 is 11.9 Å². The maximum atomic E-state index is 11.7. The molecule has 3 N–H and O–H groups in total. The first-order valence-electron chi connectivity index (χ1n) is 11.0. The van der Waals surface area contributed by atoms with Gasteiger partial charge in [-0.2, -0.15) is 0 Å². The molecule has 0 amide bonds. The molecular weight excluding hydrogens is 414 g/mol. The van der Waals surface area contributed by atoms with Crippen LogP contribution in [0.15, 0.2) is 30.7 Å². The highest BCUT2D eigenvalue weighted by Gasteiger charge is 2.36. The van der Waals surface area contributed by atoms with E-state index in [1.54, 1.807) is 11.1 Å². The lowest BCUT2D eigenvalue weighted by molar-refractivity contribution is -0.142. The molecule has 9 heteroatoms. The van der Waals surface area contributed by atoms with Crippen molar-refractivity contribution in [3.8, 4) is 0 Å². The van der Waals surface area contributed by atoms with Gasteiger partial charge in [-0.25, -0.2) is 0 Å². The van der Waals surface area contributed by atoms with E-state index in [0.717, 1.165) is 36.9 Å². The van der Waals surface area contributed by atoms with E-state index in [1.165, 1.54) is 0 Å². The van der Waals surface area contributed by atoms with Crippen LogP contribution >= 0.6 is 0 Å². The van der Waals surface area contributed by atoms with E-state index in [-0.39, 0.29) is 43.6 Å². The van der Waals surface area contributed by atoms with E-state index < -0.39 is 11.9 Å². The number of aliphatic hydroxyl groups is 1. The molecule has 1 aliphatic rings. The summed E-state index contributed by atoms with van der Waals surface area (Å²) in [6.07, 6.45) is 5.08. The molecule has 0 aromatic carbocycles. The van der Waals surface area contributed by atoms with Gasteiger partial charge in [-0.3, -0.25) is 24.4 Å². The summed E-state index contributed by atoms with van der Waals surface area (Å²) < 4.78 is 5.66. The lowest BCUT2D eigenvalue weighted by atomic mass is 9.87. The van der Waals surface area contributed by atoms with Crippen LogP contribution in [0.1, 0.15) is 50.8 Å². The molecule has 0 bridgehead atoms. The van der Waals surface area contributed by atoms with Crippen LogP contribution in [0.25, 0.3) is 0 Å². The predicted octanol–water partition coefficient (Wildman–Crippen LogP) is 2.66. The molecule has 1 aliphatic carbocycles. The highest BCUT2D eigenvalue weighted by atomic mass is 16.5. The lowest BCUT2D eigenvalue weighted by Crippen LogP contribution is -2.55. The maximum absolute atomic E-state index is 11.7. The fourth-order valence-electron chi connectivity index (χ4n) is 4.28. The summed E-state index contributed by atoms with van der Waals surface area (Å²) in [5.41, 5.74) is 1.69. The molecular formula is C23H35N3O6. The number of carboxylic acids is 2. The number of nitrogens with zero attached hydrogens (tertiary/aromatic N) is 3. The van der Waals surface area contributed by atoms with E-state index in [0.29, 0.717) is 13.2 Å². The van der Waals surface area contributed by atoms with E-state index >= 15 is 0 Å². The number of hydrogen-bond acceptors (Lipinski definition) is 7. The Morgan fingerprint density at radius 2 is 1.69 bits per heavy atom. The van der Waals surface area contributed by atoms with Crippen molar-refractivity contribution in [3.05, 3.63) is 41.9 Å². The van der Waals surface area contributed by atoms with E-state index in [4.69, 9.17) is 4.74 Å². The standard InChI is InChI=1S/C23H35N3O6/c1-16(2)32-15-18-8-9-24-19(10-18)12-26(14-23(30)31)21-7-5-4-6-20(21)25(11-17(3)27)13-22(28)29/h8-10,16,20-21,27H,3-7,11-15H2,1-2H3,(H,28,29)(H,30,31)/t20?,21-/m0/s1. The van der Waals surface area contributed by atoms with Crippen LogP contribution in [0.2, 0.25) is 0 Å². The van der Waals surface area contributed by atoms with Crippen LogP contribution < -0.4 is 0 Å². The molecule has 2 atom stereocenters. The van der Waals surface area contributed by atoms with Gasteiger partial charge in [0, 0.05) is 24.8 Å². The van der Waals surface area contributed by atoms with E-state index in [2.05, 4.69) is 11.6 Å². The monoisotopic (exact) mass is 449 g/mol. The Bertz CT molecular complexity index is 769. The molecule has 1 heterocycles. The number of rotatable bonds is 13. The predicted molar refractivity (Wildman–Crippen MR) is 119 cm³/mol. The van der Waals surface area contributed by atoms with Gasteiger partial charge in [-0.05, 0) is 44.4 Å². The molecule has 2 rings (SSSR count). The molecule has 0 aliphatic heterocycles. The quantitative estimate of drug-likeness (QED) is 0.390. The van der Waals surface area contributed by atoms with Gasteiger partial charge in [0.25, 0.3) is 0 Å². The van der Waals surface area contributed by atoms with Crippen molar-refractivity contribution < 1.29 is 29.6 Å². The SMILES string of the molecule is C=C(O)CN(CC(=O)O)C1CCCC[C@@H]1N(CC(=O)O)Cc1cc(COC(C)C)ccn1. The maximum Gasteiger partial charge on any atom is 0.317 e. The molecule has 1 saturated carbocycles. The Kier molecular flexibility index (Phi) is 10.1. The third kappa shape index (κ3) is 8.57. The Hall–Kier alpha value is -2.49. The molecule has 9 nitrogen and oxygen atoms in total. The molecule has 32 heavy (non-hydrogen) atoms. The first-order chi connectivity index (χ1) is 15.2. The summed E-state index contributed by atoms with van der Waals surface area (Å²) in [7, 11) is 0. The van der Waals surface area contributed by atoms with Gasteiger partial charge in [-0.1, -0.05) is 19.4 Å². The Morgan fingerprint density at radius 1 is 1.09 bits per heavy atom. The number of pyridine rings is 1. The summed E-state index contributed by atoms with van der Waals surface area (Å²) in [5, 5.41) is 28.7. The van der Waals surface area contributed by atoms with Crippen LogP contribution in [0.4, 0.5) is 0 Å². The Morgan fingerprint density at radius 3 is 2.25 bits per heavy atom. The summed E-state index contributed by atoms with van der Waals surface area (Å²) in [4.78, 5) is 31.1. The zero-order valence-electron chi connectivity index (χ0n) is 18.9. The first-order valence-corrected chi connectivity index (χ1v) is 11.0. The summed E-state index contributed by atoms with van der Waals surface area (Å²) in [5.74, 6) is -2.07. The lowest BCUT2D eigenvalue weighted by Gasteiger charge is -2.44. The number of ether oxygens (including phenoxy) is 1. The van der Waals surface area contributed by atoms with Gasteiger partial charge in [0.1, 0.15) is 0 Å². The molecule has 1 aromatic heterocycles. The largest absolute Gasteiger partial charge is 0.512 e. The minimum Gasteiger partial charge on any atom is -0.512 e. The zero-order valence-corrected chi connectivity index (χ0v) is 18.9. The van der Waals surface area contributed by atoms with Crippen molar-refractivity contribution in [2.24, 2.45) is 0 Å². The normalized spacial score (nSPS) is 18.9. The number of aromatic nitrogens is 1. The van der Waals surface area contributed by atoms with Crippen LogP contribution in [-0.2, 0) is 27.5 Å². The average Bonchev–Trinajstić information content (AvgIpc) is 2.70. The summed E-state index contributed by atoms with van der Waals surface area (Å²) in [6, 6.07) is 3.39. The Labute approximate surface area is 189 Å². The van der Waals surface area contributed by atoms with E-state index in [9.17, 15) is 24.9 Å². The van der Waals surface area contributed by atoms with Crippen LogP contribution in [0, 0.1) is 0 Å². The topological polar surface area (TPSA) is 123 Å². The zero-order chi connectivity index (χ0) is 23.7. The van der Waals surface area contributed by atoms with Crippen molar-refractivity contribution in [1.29, 1.82) is 0 Å². The van der Waals surface area contributed by atoms with Crippen molar-refractivity contribution in [3.63, 3.8) is 0 Å². The smallest absolute Gasteiger partial charge is 0.317 e. The van der Waals surface area contributed by atoms with Crippen molar-refractivity contribution in [2.75, 3.05) is 19.6 Å². The van der Waals surface area contributed by atoms with Crippen molar-refractivity contribution in [2.45, 2.75) is 70.9 Å². The van der Waals surface area contributed by atoms with Gasteiger partial charge < -0.3 is 20.1 Å². The number of hydrogen-bond donors (Lipinski definition) is 3. The fourth-order valence-corrected chi connectivity index (χ4v) is 4.28. The van der Waals surface area contributed by atoms with Crippen molar-refractivity contribution >= 4 is 11.9 Å². The van der Waals surface area contributed by atoms with Crippen LogP contribution in [0.3, 0.4) is 0 Å². The second-order valence-corrected chi connectivity index (χ2v) is 8.60. The highest BCUT2D eigenvalue weighted by molar-refractivity contribution is 5.69. The van der Waals surface area contributed by atoms with Crippen LogP contribution in [-0.4, -0.2) is 79.9 Å². The van der Waals surface area contributed by atoms with Gasteiger partial charge in [0.2, 0.25) is 0 Å². The van der Waals surface area contributed by atoms with Gasteiger partial charge in [0.05, 0.1) is 43.8 Å². The first kappa shape index (κ1) is 25.8. The third-order valence-electron chi connectivity index (χ3n) is 5.52. The molecule has 0 saturated heterocycles. The molecule has 0 spiro atoms. The molecule has 0 radical (unpaired) electrons. The molecule has 178 valence electrons. The molecule has 1 unspecified atom stereocenters. The minimum absolute atomic E-state index is 0.0364. The van der Waals surface area contributed by atoms with E-state index in [1.807, 2.05) is 30.9 Å². The van der Waals surface area contributed by atoms with Gasteiger partial charge in [0.15, 0.2) is 0 Å². The average molecular weight is 450 g/mol. The number of carbonyl (C=O) groups is 2. The summed E-state index contributed by atoms with van der Waals surface area (Å²) >= 11 is 0. The van der Waals surface area contributed by atoms with Crippen molar-refractivity contribution in [1.82, 2.24) is 14.8 Å². The number of aliphatic hydroxyl groups excluding tert-OH is 1. The van der Waals surface area contributed by atoms with Gasteiger partial charge in [-0.15, -0.1) is 0 Å². The summed E-state index contributed by atoms with van der Waals surface area (Å²) in [6.45, 7) is 7.81. The number of carboxylic acid groups (broad SMARTS) is 2. The fraction of sp³-hybridized carbons (Fsp3) is 0.609. The number of aliphatic carboxylic acids is 2. The van der Waals surface area contributed by atoms with Crippen LogP contribution in [0.5, 0.6) is 0 Å². The second kappa shape index (κ2) is 12.5. The molecule has 1 aromatic rings. The highest BCUT2D eigenvalue weighted by Crippen LogP contribution is 2.29. The Balaban J connectivity index is 2.26. The third-order valence-corrected chi connectivity index (χ3v) is 5.52. The molecule has 1 fully saturated rings. The second-order valence-electron chi connectivity index (χ2n) is 8.60.